The molecule has 3 rings (SSSR count). The number of fused-ring (bicyclic) bond motifs is 1. The average Bonchev–Trinajstić information content (AvgIpc) is 3.16. The number of hydrogen-bond donors (Lipinski definition) is 1. The molecule has 0 spiro atoms. The molecule has 0 saturated heterocycles. The number of hydrogen-bond acceptors (Lipinski definition) is 4. The lowest BCUT2D eigenvalue weighted by molar-refractivity contribution is -0.132. The van der Waals surface area contributed by atoms with Gasteiger partial charge in [0.2, 0.25) is 11.7 Å². The van der Waals surface area contributed by atoms with Crippen LogP contribution < -0.4 is 5.32 Å². The molecule has 132 valence electrons. The third kappa shape index (κ3) is 3.03. The Balaban J connectivity index is 1.69. The molecule has 1 fully saturated rings. The zero-order valence-corrected chi connectivity index (χ0v) is 14.8. The van der Waals surface area contributed by atoms with Crippen LogP contribution in [0.5, 0.6) is 0 Å². The van der Waals surface area contributed by atoms with Crippen LogP contribution in [0.3, 0.4) is 0 Å². The summed E-state index contributed by atoms with van der Waals surface area (Å²) in [6.45, 7) is 5.99. The Morgan fingerprint density at radius 1 is 1.25 bits per heavy atom. The molecule has 1 aliphatic carbocycles. The van der Waals surface area contributed by atoms with Crippen LogP contribution in [-0.2, 0) is 17.9 Å². The van der Waals surface area contributed by atoms with Gasteiger partial charge in [0.05, 0.1) is 6.54 Å². The van der Waals surface area contributed by atoms with E-state index in [0.717, 1.165) is 32.1 Å². The fourth-order valence-corrected chi connectivity index (χ4v) is 4.09. The fourth-order valence-electron chi connectivity index (χ4n) is 4.09. The first-order valence-corrected chi connectivity index (χ1v) is 8.89. The van der Waals surface area contributed by atoms with Crippen molar-refractivity contribution in [3.05, 3.63) is 11.6 Å². The average molecular weight is 333 g/mol. The van der Waals surface area contributed by atoms with E-state index < -0.39 is 0 Å². The third-order valence-electron chi connectivity index (χ3n) is 5.27. The molecule has 2 amide bonds. The van der Waals surface area contributed by atoms with E-state index in [4.69, 9.17) is 0 Å². The summed E-state index contributed by atoms with van der Waals surface area (Å²) in [6.07, 6.45) is 5.12. The van der Waals surface area contributed by atoms with Gasteiger partial charge in [-0.3, -0.25) is 9.59 Å². The Labute approximate surface area is 142 Å². The number of nitrogens with zero attached hydrogens (tertiary/aromatic N) is 4. The SMILES string of the molecule is CC(C)CC1(C(=O)NCc2nnc3n2CCN(C)C3=O)CCCC1. The van der Waals surface area contributed by atoms with Crippen molar-refractivity contribution in [1.82, 2.24) is 25.0 Å². The Morgan fingerprint density at radius 2 is 1.96 bits per heavy atom. The van der Waals surface area contributed by atoms with Gasteiger partial charge in [-0.2, -0.15) is 0 Å². The monoisotopic (exact) mass is 333 g/mol. The van der Waals surface area contributed by atoms with Crippen LogP contribution in [0.2, 0.25) is 0 Å². The van der Waals surface area contributed by atoms with E-state index in [9.17, 15) is 9.59 Å². The summed E-state index contributed by atoms with van der Waals surface area (Å²) < 4.78 is 1.83. The van der Waals surface area contributed by atoms with Gasteiger partial charge in [0.25, 0.3) is 5.91 Å². The topological polar surface area (TPSA) is 80.1 Å². The van der Waals surface area contributed by atoms with Gasteiger partial charge in [-0.1, -0.05) is 26.7 Å². The third-order valence-corrected chi connectivity index (χ3v) is 5.27. The highest BCUT2D eigenvalue weighted by Gasteiger charge is 2.41. The molecule has 24 heavy (non-hydrogen) atoms. The minimum absolute atomic E-state index is 0.113. The van der Waals surface area contributed by atoms with E-state index in [1.165, 1.54) is 0 Å². The number of amides is 2. The van der Waals surface area contributed by atoms with Crippen molar-refractivity contribution in [1.29, 1.82) is 0 Å². The van der Waals surface area contributed by atoms with Gasteiger partial charge in [0.1, 0.15) is 0 Å². The molecule has 1 saturated carbocycles. The summed E-state index contributed by atoms with van der Waals surface area (Å²) in [5.41, 5.74) is -0.227. The lowest BCUT2D eigenvalue weighted by Gasteiger charge is -2.29. The molecule has 0 atom stereocenters. The van der Waals surface area contributed by atoms with Gasteiger partial charge >= 0.3 is 0 Å². The van der Waals surface area contributed by atoms with Crippen LogP contribution in [0.25, 0.3) is 0 Å². The van der Waals surface area contributed by atoms with Crippen molar-refractivity contribution in [2.45, 2.75) is 59.0 Å². The molecule has 2 aliphatic rings. The number of carbonyl (C=O) groups excluding carboxylic acids is 2. The second-order valence-corrected chi connectivity index (χ2v) is 7.59. The summed E-state index contributed by atoms with van der Waals surface area (Å²) in [7, 11) is 1.76. The molecule has 1 aromatic rings. The van der Waals surface area contributed by atoms with Crippen molar-refractivity contribution in [2.75, 3.05) is 13.6 Å². The van der Waals surface area contributed by atoms with Crippen LogP contribution in [0.4, 0.5) is 0 Å². The van der Waals surface area contributed by atoms with E-state index in [0.29, 0.717) is 37.2 Å². The molecular formula is C17H27N5O2. The second kappa shape index (κ2) is 6.53. The first-order chi connectivity index (χ1) is 11.4. The number of nitrogens with one attached hydrogen (secondary N) is 1. The van der Waals surface area contributed by atoms with Gasteiger partial charge in [-0.15, -0.1) is 10.2 Å². The predicted octanol–water partition coefficient (Wildman–Crippen LogP) is 1.59. The zero-order chi connectivity index (χ0) is 17.3. The summed E-state index contributed by atoms with van der Waals surface area (Å²) >= 11 is 0. The zero-order valence-electron chi connectivity index (χ0n) is 14.8. The van der Waals surface area contributed by atoms with Crippen molar-refractivity contribution in [2.24, 2.45) is 11.3 Å². The fraction of sp³-hybridized carbons (Fsp3) is 0.765. The maximum atomic E-state index is 12.8. The number of carbonyl (C=O) groups is 2. The highest BCUT2D eigenvalue weighted by Crippen LogP contribution is 2.43. The van der Waals surface area contributed by atoms with Crippen molar-refractivity contribution >= 4 is 11.8 Å². The van der Waals surface area contributed by atoms with Crippen molar-refractivity contribution in [3.63, 3.8) is 0 Å². The minimum atomic E-state index is -0.227. The second-order valence-electron chi connectivity index (χ2n) is 7.59. The summed E-state index contributed by atoms with van der Waals surface area (Å²) in [4.78, 5) is 26.5. The maximum Gasteiger partial charge on any atom is 0.291 e. The molecule has 0 radical (unpaired) electrons. The van der Waals surface area contributed by atoms with Gasteiger partial charge in [-0.25, -0.2) is 0 Å². The Morgan fingerprint density at radius 3 is 2.62 bits per heavy atom. The number of rotatable bonds is 5. The normalized spacial score (nSPS) is 19.7. The smallest absolute Gasteiger partial charge is 0.291 e. The van der Waals surface area contributed by atoms with Crippen LogP contribution in [0.15, 0.2) is 0 Å². The molecular weight excluding hydrogens is 306 g/mol. The standard InChI is InChI=1S/C17H27N5O2/c1-12(2)10-17(6-4-5-7-17)16(24)18-11-13-19-20-14-15(23)21(3)8-9-22(13)14/h12H,4-11H2,1-3H3,(H,18,24). The van der Waals surface area contributed by atoms with Crippen molar-refractivity contribution in [3.8, 4) is 0 Å². The van der Waals surface area contributed by atoms with Crippen LogP contribution in [0, 0.1) is 11.3 Å². The molecule has 7 nitrogen and oxygen atoms in total. The van der Waals surface area contributed by atoms with Crippen LogP contribution >= 0.6 is 0 Å². The molecule has 0 bridgehead atoms. The molecule has 1 N–H and O–H groups in total. The Bertz CT molecular complexity index is 631. The lowest BCUT2D eigenvalue weighted by atomic mass is 9.77. The Hall–Kier alpha value is -1.92. The highest BCUT2D eigenvalue weighted by atomic mass is 16.2. The molecule has 0 unspecified atom stereocenters. The molecule has 0 aromatic carbocycles. The first kappa shape index (κ1) is 16.9. The summed E-state index contributed by atoms with van der Waals surface area (Å²) in [5.74, 6) is 1.55. The predicted molar refractivity (Wildman–Crippen MR) is 89.2 cm³/mol. The van der Waals surface area contributed by atoms with Gasteiger partial charge in [-0.05, 0) is 25.2 Å². The highest BCUT2D eigenvalue weighted by molar-refractivity contribution is 5.91. The minimum Gasteiger partial charge on any atom is -0.348 e. The molecule has 1 aromatic heterocycles. The van der Waals surface area contributed by atoms with Gasteiger partial charge in [0.15, 0.2) is 5.82 Å². The summed E-state index contributed by atoms with van der Waals surface area (Å²) in [6, 6.07) is 0. The number of likely N-dealkylation sites (N-methyl/N-ethyl adjacent to an activating group) is 1. The van der Waals surface area contributed by atoms with E-state index in [1.54, 1.807) is 11.9 Å². The van der Waals surface area contributed by atoms with E-state index >= 15 is 0 Å². The lowest BCUT2D eigenvalue weighted by Crippen LogP contribution is -2.41. The quantitative estimate of drug-likeness (QED) is 0.887. The van der Waals surface area contributed by atoms with E-state index in [1.807, 2.05) is 4.57 Å². The molecule has 2 heterocycles. The maximum absolute atomic E-state index is 12.8. The Kier molecular flexibility index (Phi) is 4.60. The van der Waals surface area contributed by atoms with Crippen LogP contribution in [0.1, 0.15) is 62.4 Å². The number of aromatic nitrogens is 3. The van der Waals surface area contributed by atoms with Crippen molar-refractivity contribution < 1.29 is 9.59 Å². The van der Waals surface area contributed by atoms with Gasteiger partial charge in [0, 0.05) is 25.6 Å². The largest absolute Gasteiger partial charge is 0.348 e. The van der Waals surface area contributed by atoms with E-state index in [-0.39, 0.29) is 17.2 Å². The van der Waals surface area contributed by atoms with E-state index in [2.05, 4.69) is 29.4 Å². The van der Waals surface area contributed by atoms with Gasteiger partial charge < -0.3 is 14.8 Å². The summed E-state index contributed by atoms with van der Waals surface area (Å²) in [5, 5.41) is 11.2. The van der Waals surface area contributed by atoms with Crippen LogP contribution in [-0.4, -0.2) is 45.1 Å². The first-order valence-electron chi connectivity index (χ1n) is 8.89. The molecule has 1 aliphatic heterocycles. The molecule has 7 heteroatoms.